The van der Waals surface area contributed by atoms with Crippen molar-refractivity contribution in [1.29, 1.82) is 0 Å². The maximum atomic E-state index is 12.7. The van der Waals surface area contributed by atoms with Gasteiger partial charge in [0.2, 0.25) is 15.9 Å². The molecule has 8 nitrogen and oxygen atoms in total. The van der Waals surface area contributed by atoms with Crippen LogP contribution in [0.2, 0.25) is 5.02 Å². The highest BCUT2D eigenvalue weighted by molar-refractivity contribution is 7.89. The molecule has 10 heteroatoms. The Balaban J connectivity index is 1.22. The summed E-state index contributed by atoms with van der Waals surface area (Å²) >= 11 is 6.03. The molecule has 1 fully saturated rings. The van der Waals surface area contributed by atoms with Crippen molar-refractivity contribution >= 4 is 44.1 Å². The lowest BCUT2D eigenvalue weighted by Crippen LogP contribution is -2.40. The van der Waals surface area contributed by atoms with E-state index >= 15 is 0 Å². The van der Waals surface area contributed by atoms with E-state index in [9.17, 15) is 13.2 Å². The van der Waals surface area contributed by atoms with Crippen molar-refractivity contribution in [2.24, 2.45) is 0 Å². The van der Waals surface area contributed by atoms with Crippen molar-refractivity contribution in [3.05, 3.63) is 65.3 Å². The lowest BCUT2D eigenvalue weighted by Gasteiger charge is -2.26. The first-order valence-electron chi connectivity index (χ1n) is 11.2. The molecule has 0 bridgehead atoms. The number of fused-ring (bicyclic) bond motifs is 1. The van der Waals surface area contributed by atoms with Gasteiger partial charge in [-0.05, 0) is 48.4 Å². The van der Waals surface area contributed by atoms with Crippen molar-refractivity contribution in [1.82, 2.24) is 14.6 Å². The summed E-state index contributed by atoms with van der Waals surface area (Å²) in [5, 5.41) is 7.83. The summed E-state index contributed by atoms with van der Waals surface area (Å²) in [6, 6.07) is 14.2. The lowest BCUT2D eigenvalue weighted by molar-refractivity contribution is -0.120. The van der Waals surface area contributed by atoms with Crippen LogP contribution >= 0.6 is 11.6 Å². The quantitative estimate of drug-likeness (QED) is 0.436. The van der Waals surface area contributed by atoms with Gasteiger partial charge in [-0.2, -0.15) is 4.31 Å². The van der Waals surface area contributed by atoms with E-state index < -0.39 is 10.0 Å². The van der Waals surface area contributed by atoms with Crippen LogP contribution in [0, 0.1) is 0 Å². The first-order valence-corrected chi connectivity index (χ1v) is 13.0. The number of anilines is 1. The monoisotopic (exact) mass is 502 g/mol. The van der Waals surface area contributed by atoms with E-state index in [1.54, 1.807) is 30.5 Å². The van der Waals surface area contributed by atoms with E-state index in [0.717, 1.165) is 22.2 Å². The molecule has 2 aromatic carbocycles. The molecule has 0 saturated carbocycles. The number of rotatable bonds is 9. The molecule has 1 aromatic heterocycles. The molecule has 2 N–H and O–H groups in total. The SMILES string of the molecule is O=C(CCc1ccc(S(=O)(=O)N2CCOCC2)cc1)NCCNc1ccnc2cc(Cl)ccc12. The van der Waals surface area contributed by atoms with Gasteiger partial charge in [0.05, 0.1) is 23.6 Å². The number of aromatic nitrogens is 1. The summed E-state index contributed by atoms with van der Waals surface area (Å²) in [7, 11) is -3.51. The molecule has 34 heavy (non-hydrogen) atoms. The second-order valence-electron chi connectivity index (χ2n) is 7.96. The van der Waals surface area contributed by atoms with Crippen molar-refractivity contribution in [3.63, 3.8) is 0 Å². The van der Waals surface area contributed by atoms with Gasteiger partial charge in [-0.15, -0.1) is 0 Å². The number of hydrogen-bond acceptors (Lipinski definition) is 6. The Morgan fingerprint density at radius 3 is 2.59 bits per heavy atom. The third-order valence-electron chi connectivity index (χ3n) is 5.64. The summed E-state index contributed by atoms with van der Waals surface area (Å²) in [6.07, 6.45) is 2.58. The Bertz CT molecular complexity index is 1250. The molecule has 3 aromatic rings. The minimum Gasteiger partial charge on any atom is -0.383 e. The van der Waals surface area contributed by atoms with Gasteiger partial charge in [-0.3, -0.25) is 9.78 Å². The predicted octanol–water partition coefficient (Wildman–Crippen LogP) is 3.07. The van der Waals surface area contributed by atoms with Crippen LogP contribution in [0.1, 0.15) is 12.0 Å². The maximum Gasteiger partial charge on any atom is 0.243 e. The van der Waals surface area contributed by atoms with E-state index in [4.69, 9.17) is 16.3 Å². The molecule has 180 valence electrons. The molecule has 1 aliphatic rings. The molecule has 0 radical (unpaired) electrons. The van der Waals surface area contributed by atoms with Crippen LogP contribution < -0.4 is 10.6 Å². The van der Waals surface area contributed by atoms with Crippen molar-refractivity contribution < 1.29 is 17.9 Å². The zero-order valence-electron chi connectivity index (χ0n) is 18.7. The van der Waals surface area contributed by atoms with Gasteiger partial charge >= 0.3 is 0 Å². The Labute approximate surface area is 204 Å². The third-order valence-corrected chi connectivity index (χ3v) is 7.79. The van der Waals surface area contributed by atoms with Gasteiger partial charge in [-0.1, -0.05) is 23.7 Å². The summed E-state index contributed by atoms with van der Waals surface area (Å²) in [6.45, 7) is 2.61. The highest BCUT2D eigenvalue weighted by Gasteiger charge is 2.26. The number of pyridine rings is 1. The van der Waals surface area contributed by atoms with Crippen LogP contribution in [0.5, 0.6) is 0 Å². The van der Waals surface area contributed by atoms with Crippen LogP contribution in [-0.2, 0) is 26.0 Å². The number of benzene rings is 2. The number of sulfonamides is 1. The Morgan fingerprint density at radius 1 is 1.06 bits per heavy atom. The highest BCUT2D eigenvalue weighted by atomic mass is 35.5. The van der Waals surface area contributed by atoms with E-state index in [-0.39, 0.29) is 10.8 Å². The van der Waals surface area contributed by atoms with Crippen LogP contribution in [0.4, 0.5) is 5.69 Å². The third kappa shape index (κ3) is 6.04. The minimum absolute atomic E-state index is 0.0572. The van der Waals surface area contributed by atoms with Crippen molar-refractivity contribution in [2.75, 3.05) is 44.7 Å². The number of hydrogen-bond donors (Lipinski definition) is 2. The molecule has 4 rings (SSSR count). The number of carbonyl (C=O) groups is 1. The molecule has 0 atom stereocenters. The second-order valence-corrected chi connectivity index (χ2v) is 10.3. The fourth-order valence-electron chi connectivity index (χ4n) is 3.78. The summed E-state index contributed by atoms with van der Waals surface area (Å²) < 4.78 is 32.1. The fourth-order valence-corrected chi connectivity index (χ4v) is 5.36. The lowest BCUT2D eigenvalue weighted by atomic mass is 10.1. The zero-order chi connectivity index (χ0) is 24.0. The van der Waals surface area contributed by atoms with Crippen LogP contribution in [-0.4, -0.2) is 63.0 Å². The van der Waals surface area contributed by atoms with Crippen LogP contribution in [0.25, 0.3) is 10.9 Å². The Morgan fingerprint density at radius 2 is 1.82 bits per heavy atom. The second kappa shape index (κ2) is 11.1. The minimum atomic E-state index is -3.51. The van der Waals surface area contributed by atoms with E-state index in [1.165, 1.54) is 4.31 Å². The van der Waals surface area contributed by atoms with Gasteiger partial charge in [0.1, 0.15) is 0 Å². The summed E-state index contributed by atoms with van der Waals surface area (Å²) in [5.74, 6) is -0.0572. The molecule has 0 spiro atoms. The normalized spacial score (nSPS) is 14.7. The average Bonchev–Trinajstić information content (AvgIpc) is 2.86. The predicted molar refractivity (Wildman–Crippen MR) is 133 cm³/mol. The van der Waals surface area contributed by atoms with E-state index in [0.29, 0.717) is 57.3 Å². The van der Waals surface area contributed by atoms with Gasteiger partial charge in [-0.25, -0.2) is 8.42 Å². The van der Waals surface area contributed by atoms with Crippen LogP contribution in [0.15, 0.2) is 59.6 Å². The smallest absolute Gasteiger partial charge is 0.243 e. The van der Waals surface area contributed by atoms with Crippen LogP contribution in [0.3, 0.4) is 0 Å². The van der Waals surface area contributed by atoms with E-state index in [2.05, 4.69) is 15.6 Å². The number of nitrogens with zero attached hydrogens (tertiary/aromatic N) is 2. The Hall–Kier alpha value is -2.72. The fraction of sp³-hybridized carbons (Fsp3) is 0.333. The topological polar surface area (TPSA) is 101 Å². The highest BCUT2D eigenvalue weighted by Crippen LogP contribution is 2.24. The molecule has 0 unspecified atom stereocenters. The summed E-state index contributed by atoms with van der Waals surface area (Å²) in [4.78, 5) is 16.8. The number of morpholine rings is 1. The average molecular weight is 503 g/mol. The molecule has 0 aliphatic carbocycles. The first-order chi connectivity index (χ1) is 16.4. The van der Waals surface area contributed by atoms with Crippen molar-refractivity contribution in [2.45, 2.75) is 17.7 Å². The number of halogens is 1. The molecular weight excluding hydrogens is 476 g/mol. The number of aryl methyl sites for hydroxylation is 1. The van der Waals surface area contributed by atoms with E-state index in [1.807, 2.05) is 24.3 Å². The number of amides is 1. The van der Waals surface area contributed by atoms with Crippen molar-refractivity contribution in [3.8, 4) is 0 Å². The Kier molecular flexibility index (Phi) is 7.99. The van der Waals surface area contributed by atoms with Gasteiger partial charge in [0, 0.05) is 54.9 Å². The standard InChI is InChI=1S/C24H27ClN4O4S/c25-19-4-7-21-22(9-10-26-23(21)17-19)27-11-12-28-24(30)8-3-18-1-5-20(6-2-18)34(31,32)29-13-15-33-16-14-29/h1-2,4-7,9-10,17H,3,8,11-16H2,(H,26,27)(H,28,30). The number of carbonyl (C=O) groups excluding carboxylic acids is 1. The van der Waals surface area contributed by atoms with Gasteiger partial charge in [0.25, 0.3) is 0 Å². The molecule has 2 heterocycles. The zero-order valence-corrected chi connectivity index (χ0v) is 20.2. The largest absolute Gasteiger partial charge is 0.383 e. The number of nitrogens with one attached hydrogen (secondary N) is 2. The first kappa shape index (κ1) is 24.4. The number of ether oxygens (including phenoxy) is 1. The van der Waals surface area contributed by atoms with Gasteiger partial charge in [0.15, 0.2) is 0 Å². The van der Waals surface area contributed by atoms with Gasteiger partial charge < -0.3 is 15.4 Å². The molecule has 1 aliphatic heterocycles. The molecule has 1 amide bonds. The molecular formula is C24H27ClN4O4S. The maximum absolute atomic E-state index is 12.7. The summed E-state index contributed by atoms with van der Waals surface area (Å²) in [5.41, 5.74) is 2.66. The molecule has 1 saturated heterocycles.